The van der Waals surface area contributed by atoms with Gasteiger partial charge in [-0.3, -0.25) is 14.4 Å². The summed E-state index contributed by atoms with van der Waals surface area (Å²) in [5.74, 6) is 1.86. The van der Waals surface area contributed by atoms with Crippen LogP contribution in [0.5, 0.6) is 17.4 Å². The lowest BCUT2D eigenvalue weighted by atomic mass is 10.1. The highest BCUT2D eigenvalue weighted by Crippen LogP contribution is 2.32. The van der Waals surface area contributed by atoms with Gasteiger partial charge in [0.05, 0.1) is 36.1 Å². The van der Waals surface area contributed by atoms with Crippen LogP contribution in [0.15, 0.2) is 42.6 Å². The van der Waals surface area contributed by atoms with E-state index < -0.39 is 0 Å². The van der Waals surface area contributed by atoms with Crippen molar-refractivity contribution in [3.8, 4) is 17.4 Å². The number of benzene rings is 1. The summed E-state index contributed by atoms with van der Waals surface area (Å²) in [5.41, 5.74) is 2.64. The Morgan fingerprint density at radius 3 is 2.69 bits per heavy atom. The minimum absolute atomic E-state index is 0.0196. The molecule has 0 spiro atoms. The maximum Gasteiger partial charge on any atom is 0.234 e. The molecular formula is C27H34ClN5O3. The number of carbonyl (C=O) groups is 1. The average Bonchev–Trinajstić information content (AvgIpc) is 3.11. The molecule has 0 radical (unpaired) electrons. The van der Waals surface area contributed by atoms with Crippen molar-refractivity contribution >= 4 is 17.5 Å². The molecular weight excluding hydrogens is 478 g/mol. The number of fused-ring (bicyclic) bond motifs is 2. The van der Waals surface area contributed by atoms with Crippen molar-refractivity contribution in [3.05, 3.63) is 64.6 Å². The molecule has 0 saturated heterocycles. The summed E-state index contributed by atoms with van der Waals surface area (Å²) in [7, 11) is 0. The van der Waals surface area contributed by atoms with Gasteiger partial charge in [-0.05, 0) is 51.4 Å². The number of amides is 1. The van der Waals surface area contributed by atoms with Crippen molar-refractivity contribution in [2.45, 2.75) is 52.6 Å². The number of ether oxygens (including phenoxy) is 2. The van der Waals surface area contributed by atoms with Gasteiger partial charge in [0.15, 0.2) is 11.5 Å². The van der Waals surface area contributed by atoms with Crippen molar-refractivity contribution in [3.63, 3.8) is 0 Å². The van der Waals surface area contributed by atoms with Gasteiger partial charge in [-0.1, -0.05) is 42.6 Å². The molecule has 9 heteroatoms. The Bertz CT molecular complexity index is 1170. The summed E-state index contributed by atoms with van der Waals surface area (Å²) in [6, 6.07) is 11.6. The number of para-hydroxylation sites is 2. The van der Waals surface area contributed by atoms with Gasteiger partial charge in [-0.15, -0.1) is 0 Å². The van der Waals surface area contributed by atoms with E-state index in [1.54, 1.807) is 6.20 Å². The lowest BCUT2D eigenvalue weighted by Gasteiger charge is -2.23. The van der Waals surface area contributed by atoms with E-state index in [1.165, 1.54) is 0 Å². The Hall–Kier alpha value is -3.10. The van der Waals surface area contributed by atoms with Crippen LogP contribution in [0.2, 0.25) is 5.02 Å². The lowest BCUT2D eigenvalue weighted by Crippen LogP contribution is -2.38. The number of carbonyl (C=O) groups excluding carboxylic acids is 1. The number of halogens is 1. The maximum atomic E-state index is 12.8. The third-order valence-corrected chi connectivity index (χ3v) is 6.78. The van der Waals surface area contributed by atoms with Gasteiger partial charge in [-0.2, -0.15) is 5.10 Å². The molecule has 4 rings (SSSR count). The zero-order valence-electron chi connectivity index (χ0n) is 21.0. The van der Waals surface area contributed by atoms with Gasteiger partial charge in [0, 0.05) is 24.8 Å². The number of hydrogen-bond acceptors (Lipinski definition) is 6. The van der Waals surface area contributed by atoms with Crippen LogP contribution in [0.1, 0.15) is 42.6 Å². The molecule has 1 aliphatic rings. The van der Waals surface area contributed by atoms with Gasteiger partial charge in [0.2, 0.25) is 11.8 Å². The molecule has 0 bridgehead atoms. The number of hydrogen-bond donors (Lipinski definition) is 1. The van der Waals surface area contributed by atoms with Crippen LogP contribution < -0.4 is 14.8 Å². The second kappa shape index (κ2) is 12.7. The van der Waals surface area contributed by atoms with Crippen LogP contribution in [0.4, 0.5) is 0 Å². The lowest BCUT2D eigenvalue weighted by molar-refractivity contribution is -0.122. The molecule has 0 aliphatic carbocycles. The number of pyridine rings is 1. The molecule has 1 aromatic carbocycles. The van der Waals surface area contributed by atoms with E-state index in [9.17, 15) is 4.79 Å². The Morgan fingerprint density at radius 2 is 1.89 bits per heavy atom. The summed E-state index contributed by atoms with van der Waals surface area (Å²) < 4.78 is 14.0. The zero-order chi connectivity index (χ0) is 25.3. The molecule has 3 heterocycles. The molecule has 1 amide bonds. The van der Waals surface area contributed by atoms with Gasteiger partial charge in [0.25, 0.3) is 0 Å². The second-order valence-corrected chi connectivity index (χ2v) is 9.43. The number of nitrogens with zero attached hydrogens (tertiary/aromatic N) is 4. The smallest absolute Gasteiger partial charge is 0.234 e. The largest absolute Gasteiger partial charge is 0.490 e. The molecule has 3 aromatic rings. The fourth-order valence-corrected chi connectivity index (χ4v) is 4.41. The quantitative estimate of drug-likeness (QED) is 0.524. The number of aryl methyl sites for hydroxylation is 1. The molecule has 8 nitrogen and oxygen atoms in total. The van der Waals surface area contributed by atoms with Gasteiger partial charge >= 0.3 is 0 Å². The summed E-state index contributed by atoms with van der Waals surface area (Å²) in [6.07, 6.45) is 5.85. The van der Waals surface area contributed by atoms with E-state index in [-0.39, 0.29) is 5.91 Å². The van der Waals surface area contributed by atoms with Crippen LogP contribution in [0.3, 0.4) is 0 Å². The van der Waals surface area contributed by atoms with Crippen LogP contribution in [-0.4, -0.2) is 51.8 Å². The summed E-state index contributed by atoms with van der Waals surface area (Å²) >= 11 is 6.23. The van der Waals surface area contributed by atoms with E-state index in [1.807, 2.05) is 54.9 Å². The Morgan fingerprint density at radius 1 is 1.08 bits per heavy atom. The average molecular weight is 512 g/mol. The molecule has 2 aromatic heterocycles. The minimum atomic E-state index is -0.0196. The molecule has 0 unspecified atom stereocenters. The van der Waals surface area contributed by atoms with Crippen molar-refractivity contribution in [2.24, 2.45) is 0 Å². The van der Waals surface area contributed by atoms with E-state index in [2.05, 4.69) is 20.3 Å². The van der Waals surface area contributed by atoms with Crippen molar-refractivity contribution < 1.29 is 14.3 Å². The molecule has 192 valence electrons. The first-order valence-electron chi connectivity index (χ1n) is 12.5. The molecule has 0 saturated carbocycles. The molecule has 1 N–H and O–H groups in total. The van der Waals surface area contributed by atoms with Crippen molar-refractivity contribution in [1.29, 1.82) is 0 Å². The summed E-state index contributed by atoms with van der Waals surface area (Å²) in [5, 5.41) is 8.13. The highest BCUT2D eigenvalue weighted by atomic mass is 35.5. The van der Waals surface area contributed by atoms with Crippen molar-refractivity contribution in [2.75, 3.05) is 26.2 Å². The Balaban J connectivity index is 1.42. The van der Waals surface area contributed by atoms with E-state index in [0.717, 1.165) is 49.2 Å². The monoisotopic (exact) mass is 511 g/mol. The Kier molecular flexibility index (Phi) is 9.19. The Labute approximate surface area is 217 Å². The first-order chi connectivity index (χ1) is 17.5. The van der Waals surface area contributed by atoms with Crippen LogP contribution in [0.25, 0.3) is 0 Å². The maximum absolute atomic E-state index is 12.8. The highest BCUT2D eigenvalue weighted by Gasteiger charge is 2.17. The van der Waals surface area contributed by atoms with Crippen LogP contribution in [-0.2, 0) is 17.9 Å². The first kappa shape index (κ1) is 26.0. The molecule has 36 heavy (non-hydrogen) atoms. The predicted octanol–water partition coefficient (Wildman–Crippen LogP) is 4.91. The minimum Gasteiger partial charge on any atom is -0.490 e. The fourth-order valence-electron chi connectivity index (χ4n) is 4.28. The predicted molar refractivity (Wildman–Crippen MR) is 140 cm³/mol. The molecule has 0 atom stereocenters. The van der Waals surface area contributed by atoms with E-state index in [4.69, 9.17) is 21.1 Å². The fraction of sp³-hybridized carbons (Fsp3) is 0.444. The highest BCUT2D eigenvalue weighted by molar-refractivity contribution is 6.31. The normalized spacial score (nSPS) is 15.1. The first-order valence-corrected chi connectivity index (χ1v) is 12.9. The molecule has 1 aliphatic heterocycles. The zero-order valence-corrected chi connectivity index (χ0v) is 21.8. The SMILES string of the molecule is Cc1nn(CCNC(=O)CN2CCCCCCOc3ccccc3Oc3ncccc3C2)c(C)c1Cl. The number of nitrogens with one attached hydrogen (secondary N) is 1. The number of aromatic nitrogens is 3. The van der Waals surface area contributed by atoms with Gasteiger partial charge < -0.3 is 14.8 Å². The van der Waals surface area contributed by atoms with Crippen LogP contribution >= 0.6 is 11.6 Å². The standard InChI is InChI=1S/C27H34ClN5O3/c1-20-26(28)21(2)33(31-20)16-14-29-25(34)19-32-15-7-3-4-8-17-35-23-11-5-6-12-24(23)36-27-22(18-32)10-9-13-30-27/h5-6,9-13H,3-4,7-8,14-19H2,1-2H3,(H,29,34). The van der Waals surface area contributed by atoms with E-state index >= 15 is 0 Å². The van der Waals surface area contributed by atoms with Crippen LogP contribution in [0, 0.1) is 13.8 Å². The topological polar surface area (TPSA) is 81.5 Å². The third kappa shape index (κ3) is 6.98. The van der Waals surface area contributed by atoms with E-state index in [0.29, 0.717) is 55.2 Å². The van der Waals surface area contributed by atoms with Gasteiger partial charge in [0.1, 0.15) is 0 Å². The molecule has 0 fully saturated rings. The van der Waals surface area contributed by atoms with Gasteiger partial charge in [-0.25, -0.2) is 4.98 Å². The summed E-state index contributed by atoms with van der Waals surface area (Å²) in [4.78, 5) is 19.5. The summed E-state index contributed by atoms with van der Waals surface area (Å²) in [6.45, 7) is 7.19. The second-order valence-electron chi connectivity index (χ2n) is 9.05. The third-order valence-electron chi connectivity index (χ3n) is 6.23. The number of rotatable bonds is 5. The van der Waals surface area contributed by atoms with Crippen molar-refractivity contribution in [1.82, 2.24) is 25.0 Å².